The minimum Gasteiger partial charge on any atom is -0.393 e. The van der Waals surface area contributed by atoms with Gasteiger partial charge in [0.2, 0.25) is 0 Å². The van der Waals surface area contributed by atoms with Crippen molar-refractivity contribution in [2.45, 2.75) is 64.5 Å². The second-order valence-corrected chi connectivity index (χ2v) is 6.28. The molecule has 1 aromatic rings. The van der Waals surface area contributed by atoms with E-state index >= 15 is 0 Å². The van der Waals surface area contributed by atoms with Crippen LogP contribution in [0, 0.1) is 0 Å². The molecule has 0 bridgehead atoms. The summed E-state index contributed by atoms with van der Waals surface area (Å²) in [6.07, 6.45) is 5.25. The molecular formula is C16H27N3O2. The molecule has 0 spiro atoms. The quantitative estimate of drug-likeness (QED) is 0.840. The van der Waals surface area contributed by atoms with Gasteiger partial charge in [0.1, 0.15) is 0 Å². The molecule has 21 heavy (non-hydrogen) atoms. The van der Waals surface area contributed by atoms with Gasteiger partial charge in [-0.3, -0.25) is 9.48 Å². The fourth-order valence-electron chi connectivity index (χ4n) is 2.51. The average molecular weight is 293 g/mol. The largest absolute Gasteiger partial charge is 0.393 e. The lowest BCUT2D eigenvalue weighted by molar-refractivity contribution is 0.0767. The molecule has 0 aromatic carbocycles. The molecule has 1 saturated carbocycles. The highest BCUT2D eigenvalue weighted by atomic mass is 16.3. The predicted molar refractivity (Wildman–Crippen MR) is 82.5 cm³/mol. The van der Waals surface area contributed by atoms with E-state index in [2.05, 4.69) is 18.9 Å². The topological polar surface area (TPSA) is 58.4 Å². The lowest BCUT2D eigenvalue weighted by Crippen LogP contribution is -2.30. The summed E-state index contributed by atoms with van der Waals surface area (Å²) in [6, 6.07) is 0.324. The maximum atomic E-state index is 12.6. The predicted octanol–water partition coefficient (Wildman–Crippen LogP) is 2.57. The first kappa shape index (κ1) is 16.0. The van der Waals surface area contributed by atoms with Gasteiger partial charge in [-0.15, -0.1) is 0 Å². The van der Waals surface area contributed by atoms with Gasteiger partial charge in [0.05, 0.1) is 23.6 Å². The van der Waals surface area contributed by atoms with E-state index in [1.54, 1.807) is 25.1 Å². The van der Waals surface area contributed by atoms with Crippen LogP contribution in [0.1, 0.15) is 74.5 Å². The molecule has 0 radical (unpaired) electrons. The number of amides is 1. The highest BCUT2D eigenvalue weighted by molar-refractivity contribution is 5.95. The summed E-state index contributed by atoms with van der Waals surface area (Å²) < 4.78 is 2.04. The normalized spacial score (nSPS) is 17.6. The van der Waals surface area contributed by atoms with Crippen molar-refractivity contribution in [1.29, 1.82) is 0 Å². The number of hydrogen-bond donors (Lipinski definition) is 1. The second-order valence-electron chi connectivity index (χ2n) is 6.28. The molecule has 1 fully saturated rings. The molecule has 0 saturated heterocycles. The van der Waals surface area contributed by atoms with Crippen molar-refractivity contribution in [2.75, 3.05) is 13.6 Å². The van der Waals surface area contributed by atoms with Crippen molar-refractivity contribution in [1.82, 2.24) is 14.7 Å². The Morgan fingerprint density at radius 3 is 2.71 bits per heavy atom. The number of rotatable bonds is 7. The molecule has 1 N–H and O–H groups in total. The molecule has 2 atom stereocenters. The van der Waals surface area contributed by atoms with E-state index in [1.807, 2.05) is 4.68 Å². The minimum absolute atomic E-state index is 0.0205. The number of aliphatic hydroxyl groups is 1. The Morgan fingerprint density at radius 2 is 2.19 bits per heavy atom. The van der Waals surface area contributed by atoms with Gasteiger partial charge in [0, 0.05) is 25.6 Å². The third-order valence-corrected chi connectivity index (χ3v) is 4.27. The third kappa shape index (κ3) is 3.64. The number of aromatic nitrogens is 2. The molecule has 1 aliphatic rings. The number of nitrogens with zero attached hydrogens (tertiary/aromatic N) is 3. The third-order valence-electron chi connectivity index (χ3n) is 4.27. The van der Waals surface area contributed by atoms with Gasteiger partial charge in [-0.2, -0.15) is 5.10 Å². The van der Waals surface area contributed by atoms with Gasteiger partial charge >= 0.3 is 0 Å². The van der Waals surface area contributed by atoms with E-state index in [-0.39, 0.29) is 12.0 Å². The standard InChI is InChI=1S/C16H27N3O2/c1-5-11(2)19-15(13-6-7-13)14(10-17-19)16(21)18(4)9-8-12(3)20/h10-13,20H,5-9H2,1-4H3. The molecule has 2 rings (SSSR count). The highest BCUT2D eigenvalue weighted by Crippen LogP contribution is 2.42. The summed E-state index contributed by atoms with van der Waals surface area (Å²) in [5.41, 5.74) is 1.85. The van der Waals surface area contributed by atoms with Crippen LogP contribution in [0.3, 0.4) is 0 Å². The molecule has 1 aromatic heterocycles. The van der Waals surface area contributed by atoms with Gasteiger partial charge in [-0.1, -0.05) is 6.92 Å². The zero-order valence-electron chi connectivity index (χ0n) is 13.5. The SMILES string of the molecule is CCC(C)n1ncc(C(=O)N(C)CCC(C)O)c1C1CC1. The Bertz CT molecular complexity index is 492. The van der Waals surface area contributed by atoms with Crippen LogP contribution in [-0.2, 0) is 0 Å². The molecular weight excluding hydrogens is 266 g/mol. The van der Waals surface area contributed by atoms with E-state index in [4.69, 9.17) is 0 Å². The van der Waals surface area contributed by atoms with Crippen LogP contribution < -0.4 is 0 Å². The first-order valence-corrected chi connectivity index (χ1v) is 7.96. The molecule has 5 heteroatoms. The Balaban J connectivity index is 2.19. The number of aliphatic hydroxyl groups excluding tert-OH is 1. The maximum Gasteiger partial charge on any atom is 0.257 e. The lowest BCUT2D eigenvalue weighted by atomic mass is 10.1. The Hall–Kier alpha value is -1.36. The van der Waals surface area contributed by atoms with Gasteiger partial charge in [-0.05, 0) is 39.5 Å². The van der Waals surface area contributed by atoms with Crippen molar-refractivity contribution in [2.24, 2.45) is 0 Å². The Kier molecular flexibility index (Phi) is 5.04. The zero-order valence-corrected chi connectivity index (χ0v) is 13.5. The van der Waals surface area contributed by atoms with Gasteiger partial charge in [0.25, 0.3) is 5.91 Å². The molecule has 1 amide bonds. The Labute approximate surface area is 126 Å². The van der Waals surface area contributed by atoms with E-state index in [1.165, 1.54) is 0 Å². The Morgan fingerprint density at radius 1 is 1.52 bits per heavy atom. The summed E-state index contributed by atoms with van der Waals surface area (Å²) >= 11 is 0. The van der Waals surface area contributed by atoms with Crippen LogP contribution in [0.5, 0.6) is 0 Å². The zero-order chi connectivity index (χ0) is 15.6. The average Bonchev–Trinajstić information content (AvgIpc) is 3.21. The molecule has 118 valence electrons. The number of hydrogen-bond acceptors (Lipinski definition) is 3. The van der Waals surface area contributed by atoms with Gasteiger partial charge in [0.15, 0.2) is 0 Å². The van der Waals surface area contributed by atoms with Crippen molar-refractivity contribution in [3.05, 3.63) is 17.5 Å². The van der Waals surface area contributed by atoms with Gasteiger partial charge in [-0.25, -0.2) is 0 Å². The van der Waals surface area contributed by atoms with Crippen molar-refractivity contribution in [3.63, 3.8) is 0 Å². The van der Waals surface area contributed by atoms with Crippen LogP contribution in [0.4, 0.5) is 0 Å². The van der Waals surface area contributed by atoms with E-state index < -0.39 is 0 Å². The van der Waals surface area contributed by atoms with Crippen LogP contribution in [0.2, 0.25) is 0 Å². The summed E-state index contributed by atoms with van der Waals surface area (Å²) in [5, 5.41) is 13.8. The molecule has 1 heterocycles. The maximum absolute atomic E-state index is 12.6. The summed E-state index contributed by atoms with van der Waals surface area (Å²) in [5.74, 6) is 0.512. The first-order valence-electron chi connectivity index (χ1n) is 7.96. The molecule has 2 unspecified atom stereocenters. The fraction of sp³-hybridized carbons (Fsp3) is 0.750. The first-order chi connectivity index (χ1) is 9.95. The van der Waals surface area contributed by atoms with E-state index in [0.717, 1.165) is 30.5 Å². The monoisotopic (exact) mass is 293 g/mol. The number of carbonyl (C=O) groups is 1. The van der Waals surface area contributed by atoms with Crippen LogP contribution >= 0.6 is 0 Å². The van der Waals surface area contributed by atoms with Crippen LogP contribution in [-0.4, -0.2) is 45.4 Å². The summed E-state index contributed by atoms with van der Waals surface area (Å²) in [4.78, 5) is 14.3. The molecule has 1 aliphatic carbocycles. The van der Waals surface area contributed by atoms with Gasteiger partial charge < -0.3 is 10.0 Å². The van der Waals surface area contributed by atoms with Crippen molar-refractivity contribution < 1.29 is 9.90 Å². The van der Waals surface area contributed by atoms with Crippen molar-refractivity contribution in [3.8, 4) is 0 Å². The minimum atomic E-state index is -0.383. The van der Waals surface area contributed by atoms with E-state index in [0.29, 0.717) is 24.9 Å². The molecule has 0 aliphatic heterocycles. The number of carbonyl (C=O) groups excluding carboxylic acids is 1. The van der Waals surface area contributed by atoms with Crippen LogP contribution in [0.15, 0.2) is 6.20 Å². The second kappa shape index (κ2) is 6.60. The smallest absolute Gasteiger partial charge is 0.257 e. The fourth-order valence-corrected chi connectivity index (χ4v) is 2.51. The van der Waals surface area contributed by atoms with E-state index in [9.17, 15) is 9.90 Å². The van der Waals surface area contributed by atoms with Crippen molar-refractivity contribution >= 4 is 5.91 Å². The molecule has 5 nitrogen and oxygen atoms in total. The van der Waals surface area contributed by atoms with Crippen LogP contribution in [0.25, 0.3) is 0 Å². The summed E-state index contributed by atoms with van der Waals surface area (Å²) in [6.45, 7) is 6.59. The highest BCUT2D eigenvalue weighted by Gasteiger charge is 2.34. The lowest BCUT2D eigenvalue weighted by Gasteiger charge is -2.19. The summed E-state index contributed by atoms with van der Waals surface area (Å²) in [7, 11) is 1.79.